The Morgan fingerprint density at radius 2 is 1.90 bits per heavy atom. The van der Waals surface area contributed by atoms with Crippen molar-refractivity contribution in [3.8, 4) is 5.75 Å². The van der Waals surface area contributed by atoms with E-state index in [1.54, 1.807) is 55.6 Å². The minimum absolute atomic E-state index is 0.194. The van der Waals surface area contributed by atoms with Crippen molar-refractivity contribution < 1.29 is 19.6 Å². The summed E-state index contributed by atoms with van der Waals surface area (Å²) in [7, 11) is 0.0687. The summed E-state index contributed by atoms with van der Waals surface area (Å²) in [6.07, 6.45) is 0. The van der Waals surface area contributed by atoms with Crippen LogP contribution in [0.25, 0.3) is 0 Å². The number of benzene rings is 2. The van der Waals surface area contributed by atoms with Crippen LogP contribution in [0.2, 0.25) is 0 Å². The van der Waals surface area contributed by atoms with E-state index in [1.165, 1.54) is 0 Å². The molecule has 2 aromatic rings. The zero-order chi connectivity index (χ0) is 15.2. The Labute approximate surface area is 123 Å². The number of methoxy groups -OCH3 is 1. The molecule has 5 nitrogen and oxygen atoms in total. The lowest BCUT2D eigenvalue weighted by Crippen LogP contribution is -2.29. The normalized spacial score (nSPS) is 10.0. The summed E-state index contributed by atoms with van der Waals surface area (Å²) in [4.78, 5) is 12.0. The van der Waals surface area contributed by atoms with Crippen LogP contribution in [0, 0.1) is 0 Å². The minimum atomic E-state index is -1.48. The first-order chi connectivity index (χ1) is 10.1. The lowest BCUT2D eigenvalue weighted by molar-refractivity contribution is 0.0950. The van der Waals surface area contributed by atoms with Crippen LogP contribution in [-0.2, 0) is 6.54 Å². The zero-order valence-corrected chi connectivity index (χ0v) is 11.6. The van der Waals surface area contributed by atoms with Gasteiger partial charge >= 0.3 is 7.12 Å². The fourth-order valence-corrected chi connectivity index (χ4v) is 1.86. The number of carbonyl (C=O) groups excluding carboxylic acids is 1. The van der Waals surface area contributed by atoms with Gasteiger partial charge in [0.25, 0.3) is 5.91 Å². The van der Waals surface area contributed by atoms with Crippen molar-refractivity contribution in [1.29, 1.82) is 0 Å². The summed E-state index contributed by atoms with van der Waals surface area (Å²) in [5.74, 6) is 0.434. The first-order valence-electron chi connectivity index (χ1n) is 6.47. The third-order valence-electron chi connectivity index (χ3n) is 3.06. The molecule has 108 valence electrons. The number of amides is 1. The van der Waals surface area contributed by atoms with Gasteiger partial charge in [-0.3, -0.25) is 4.79 Å². The van der Waals surface area contributed by atoms with Crippen LogP contribution in [0.5, 0.6) is 5.75 Å². The van der Waals surface area contributed by atoms with Crippen molar-refractivity contribution in [2.24, 2.45) is 0 Å². The number of hydrogen-bond donors (Lipinski definition) is 3. The van der Waals surface area contributed by atoms with Gasteiger partial charge in [-0.15, -0.1) is 0 Å². The molecule has 0 aliphatic heterocycles. The first kappa shape index (κ1) is 15.1. The molecule has 2 rings (SSSR count). The largest absolute Gasteiger partial charge is 0.497 e. The molecule has 2 aromatic carbocycles. The molecule has 0 aliphatic rings. The predicted molar refractivity (Wildman–Crippen MR) is 80.4 cm³/mol. The van der Waals surface area contributed by atoms with Gasteiger partial charge in [0.15, 0.2) is 0 Å². The van der Waals surface area contributed by atoms with Crippen molar-refractivity contribution in [2.75, 3.05) is 7.11 Å². The van der Waals surface area contributed by atoms with E-state index in [0.717, 1.165) is 5.56 Å². The molecule has 0 aliphatic carbocycles. The van der Waals surface area contributed by atoms with Gasteiger partial charge in [0, 0.05) is 12.1 Å². The fraction of sp³-hybridized carbons (Fsp3) is 0.133. The molecule has 0 bridgehead atoms. The van der Waals surface area contributed by atoms with E-state index in [0.29, 0.717) is 23.3 Å². The lowest BCUT2D eigenvalue weighted by Gasteiger charge is -2.07. The second-order valence-corrected chi connectivity index (χ2v) is 4.53. The van der Waals surface area contributed by atoms with E-state index >= 15 is 0 Å². The zero-order valence-electron chi connectivity index (χ0n) is 11.6. The van der Waals surface area contributed by atoms with E-state index in [9.17, 15) is 4.79 Å². The van der Waals surface area contributed by atoms with Gasteiger partial charge in [-0.05, 0) is 29.2 Å². The highest BCUT2D eigenvalue weighted by molar-refractivity contribution is 6.58. The molecule has 3 N–H and O–H groups in total. The first-order valence-corrected chi connectivity index (χ1v) is 6.47. The summed E-state index contributed by atoms with van der Waals surface area (Å²) in [6, 6.07) is 13.6. The second kappa shape index (κ2) is 6.92. The standard InChI is InChI=1S/C15H16BNO4/c1-21-14-4-2-3-12(9-14)15(18)17-10-11-5-7-13(8-6-11)16(19)20/h2-9,19-20H,10H2,1H3,(H,17,18). The molecule has 0 saturated carbocycles. The van der Waals surface area contributed by atoms with Crippen LogP contribution in [-0.4, -0.2) is 30.2 Å². The smallest absolute Gasteiger partial charge is 0.488 e. The van der Waals surface area contributed by atoms with E-state index in [-0.39, 0.29) is 5.91 Å². The molecule has 0 atom stereocenters. The molecule has 0 saturated heterocycles. The van der Waals surface area contributed by atoms with Crippen molar-refractivity contribution in [2.45, 2.75) is 6.54 Å². The summed E-state index contributed by atoms with van der Waals surface area (Å²) < 4.78 is 5.08. The average Bonchev–Trinajstić information content (AvgIpc) is 2.53. The molecule has 6 heteroatoms. The monoisotopic (exact) mass is 285 g/mol. The van der Waals surface area contributed by atoms with Crippen LogP contribution in [0.4, 0.5) is 0 Å². The number of ether oxygens (including phenoxy) is 1. The van der Waals surface area contributed by atoms with Crippen molar-refractivity contribution in [1.82, 2.24) is 5.32 Å². The van der Waals surface area contributed by atoms with Crippen molar-refractivity contribution in [3.63, 3.8) is 0 Å². The quantitative estimate of drug-likeness (QED) is 0.691. The highest BCUT2D eigenvalue weighted by Crippen LogP contribution is 2.12. The number of hydrogen-bond acceptors (Lipinski definition) is 4. The topological polar surface area (TPSA) is 78.8 Å². The SMILES string of the molecule is COc1cccc(C(=O)NCc2ccc(B(O)O)cc2)c1. The maximum Gasteiger partial charge on any atom is 0.488 e. The Morgan fingerprint density at radius 3 is 2.52 bits per heavy atom. The Hall–Kier alpha value is -2.31. The van der Waals surface area contributed by atoms with Crippen LogP contribution < -0.4 is 15.5 Å². The Bertz CT molecular complexity index is 613. The van der Waals surface area contributed by atoms with E-state index in [4.69, 9.17) is 14.8 Å². The Balaban J connectivity index is 1.97. The summed E-state index contributed by atoms with van der Waals surface area (Å²) in [5, 5.41) is 20.8. The Kier molecular flexibility index (Phi) is 4.97. The molecule has 0 spiro atoms. The van der Waals surface area contributed by atoms with Gasteiger partial charge in [-0.25, -0.2) is 0 Å². The molecular weight excluding hydrogens is 269 g/mol. The van der Waals surface area contributed by atoms with E-state index < -0.39 is 7.12 Å². The third-order valence-corrected chi connectivity index (χ3v) is 3.06. The second-order valence-electron chi connectivity index (χ2n) is 4.53. The fourth-order valence-electron chi connectivity index (χ4n) is 1.86. The van der Waals surface area contributed by atoms with Gasteiger partial charge in [-0.2, -0.15) is 0 Å². The van der Waals surface area contributed by atoms with Crippen LogP contribution in [0.15, 0.2) is 48.5 Å². The highest BCUT2D eigenvalue weighted by atomic mass is 16.5. The number of carbonyl (C=O) groups is 1. The maximum absolute atomic E-state index is 12.0. The molecule has 0 heterocycles. The third kappa shape index (κ3) is 4.08. The summed E-state index contributed by atoms with van der Waals surface area (Å²) in [5.41, 5.74) is 1.81. The van der Waals surface area contributed by atoms with Gasteiger partial charge < -0.3 is 20.1 Å². The molecule has 0 unspecified atom stereocenters. The average molecular weight is 285 g/mol. The molecule has 1 amide bonds. The molecule has 0 fully saturated rings. The van der Waals surface area contributed by atoms with Crippen LogP contribution >= 0.6 is 0 Å². The van der Waals surface area contributed by atoms with Crippen molar-refractivity contribution >= 4 is 18.5 Å². The van der Waals surface area contributed by atoms with Gasteiger partial charge in [0.1, 0.15) is 5.75 Å². The molecule has 0 radical (unpaired) electrons. The van der Waals surface area contributed by atoms with Gasteiger partial charge in [0.05, 0.1) is 7.11 Å². The maximum atomic E-state index is 12.0. The van der Waals surface area contributed by atoms with Gasteiger partial charge in [0.2, 0.25) is 0 Å². The number of rotatable bonds is 5. The van der Waals surface area contributed by atoms with Crippen LogP contribution in [0.1, 0.15) is 15.9 Å². The van der Waals surface area contributed by atoms with Crippen molar-refractivity contribution in [3.05, 3.63) is 59.7 Å². The molecular formula is C15H16BNO4. The predicted octanol–water partition coefficient (Wildman–Crippen LogP) is 0.305. The van der Waals surface area contributed by atoms with E-state index in [2.05, 4.69) is 5.32 Å². The Morgan fingerprint density at radius 1 is 1.19 bits per heavy atom. The lowest BCUT2D eigenvalue weighted by atomic mass is 9.80. The highest BCUT2D eigenvalue weighted by Gasteiger charge is 2.10. The molecule has 0 aromatic heterocycles. The molecule has 21 heavy (non-hydrogen) atoms. The summed E-state index contributed by atoms with van der Waals surface area (Å²) in [6.45, 7) is 0.359. The summed E-state index contributed by atoms with van der Waals surface area (Å²) >= 11 is 0. The minimum Gasteiger partial charge on any atom is -0.497 e. The number of nitrogens with one attached hydrogen (secondary N) is 1. The van der Waals surface area contributed by atoms with Gasteiger partial charge in [-0.1, -0.05) is 30.3 Å². The van der Waals surface area contributed by atoms with Crippen LogP contribution in [0.3, 0.4) is 0 Å². The van der Waals surface area contributed by atoms with E-state index in [1.807, 2.05) is 0 Å².